The quantitative estimate of drug-likeness (QED) is 0.514. The van der Waals surface area contributed by atoms with Crippen LogP contribution in [0.5, 0.6) is 5.75 Å². The minimum atomic E-state index is -0.768. The molecule has 3 aromatic rings. The molecule has 2 aromatic carbocycles. The molecular formula is C24H26FN3O3. The van der Waals surface area contributed by atoms with Gasteiger partial charge in [0.25, 0.3) is 5.91 Å². The first-order valence-electron chi connectivity index (χ1n) is 10.3. The summed E-state index contributed by atoms with van der Waals surface area (Å²) in [5.74, 6) is -1.01. The largest absolute Gasteiger partial charge is 0.491 e. The summed E-state index contributed by atoms with van der Waals surface area (Å²) in [4.78, 5) is 29.3. The molecule has 1 heterocycles. The molecule has 0 aliphatic rings. The highest BCUT2D eigenvalue weighted by molar-refractivity contribution is 5.97. The highest BCUT2D eigenvalue weighted by Crippen LogP contribution is 2.22. The van der Waals surface area contributed by atoms with Crippen LogP contribution in [0.1, 0.15) is 30.6 Å². The minimum absolute atomic E-state index is 0.0851. The summed E-state index contributed by atoms with van der Waals surface area (Å²) in [6.45, 7) is 4.44. The van der Waals surface area contributed by atoms with Gasteiger partial charge in [0, 0.05) is 18.1 Å². The van der Waals surface area contributed by atoms with E-state index in [2.05, 4.69) is 15.6 Å². The van der Waals surface area contributed by atoms with Crippen molar-refractivity contribution in [3.8, 4) is 5.75 Å². The minimum Gasteiger partial charge on any atom is -0.491 e. The molecular weight excluding hydrogens is 397 g/mol. The molecule has 6 nitrogen and oxygen atoms in total. The SMILES string of the molecule is CC(C)C(NC(=O)c1ccccc1F)C(=O)NCCCOc1cccc2cccnc12. The van der Waals surface area contributed by atoms with Crippen LogP contribution in [0.15, 0.2) is 60.8 Å². The number of ether oxygens (including phenoxy) is 1. The Kier molecular flexibility index (Phi) is 7.54. The van der Waals surface area contributed by atoms with Crippen LogP contribution in [0, 0.1) is 11.7 Å². The molecule has 0 saturated carbocycles. The molecule has 2 N–H and O–H groups in total. The predicted octanol–water partition coefficient (Wildman–Crippen LogP) is 3.71. The van der Waals surface area contributed by atoms with Crippen molar-refractivity contribution in [3.05, 3.63) is 72.2 Å². The van der Waals surface area contributed by atoms with Crippen molar-refractivity contribution in [2.45, 2.75) is 26.3 Å². The van der Waals surface area contributed by atoms with Gasteiger partial charge in [-0.15, -0.1) is 0 Å². The number of para-hydroxylation sites is 1. The Bertz CT molecular complexity index is 1050. The van der Waals surface area contributed by atoms with E-state index in [1.54, 1.807) is 12.3 Å². The van der Waals surface area contributed by atoms with Gasteiger partial charge in [-0.2, -0.15) is 0 Å². The van der Waals surface area contributed by atoms with Crippen LogP contribution < -0.4 is 15.4 Å². The fourth-order valence-electron chi connectivity index (χ4n) is 3.17. The number of halogens is 1. The van der Waals surface area contributed by atoms with Crippen LogP contribution in [-0.4, -0.2) is 36.0 Å². The van der Waals surface area contributed by atoms with Crippen molar-refractivity contribution >= 4 is 22.7 Å². The maximum Gasteiger partial charge on any atom is 0.254 e. The molecule has 7 heteroatoms. The summed E-state index contributed by atoms with van der Waals surface area (Å²) in [6, 6.07) is 14.5. The molecule has 0 saturated heterocycles. The van der Waals surface area contributed by atoms with Gasteiger partial charge in [0.15, 0.2) is 0 Å². The third-order valence-corrected chi connectivity index (χ3v) is 4.83. The second-order valence-corrected chi connectivity index (χ2v) is 7.50. The number of pyridine rings is 1. The van der Waals surface area contributed by atoms with Crippen LogP contribution in [-0.2, 0) is 4.79 Å². The molecule has 1 unspecified atom stereocenters. The van der Waals surface area contributed by atoms with Crippen molar-refractivity contribution in [1.82, 2.24) is 15.6 Å². The monoisotopic (exact) mass is 423 g/mol. The smallest absolute Gasteiger partial charge is 0.254 e. The maximum atomic E-state index is 13.8. The van der Waals surface area contributed by atoms with E-state index in [0.29, 0.717) is 25.3 Å². The summed E-state index contributed by atoms with van der Waals surface area (Å²) < 4.78 is 19.7. The van der Waals surface area contributed by atoms with Crippen molar-refractivity contribution in [2.24, 2.45) is 5.92 Å². The van der Waals surface area contributed by atoms with Crippen LogP contribution in [0.3, 0.4) is 0 Å². The molecule has 31 heavy (non-hydrogen) atoms. The highest BCUT2D eigenvalue weighted by Gasteiger charge is 2.25. The zero-order valence-electron chi connectivity index (χ0n) is 17.6. The van der Waals surface area contributed by atoms with E-state index in [9.17, 15) is 14.0 Å². The van der Waals surface area contributed by atoms with Gasteiger partial charge in [-0.05, 0) is 36.6 Å². The molecule has 162 valence electrons. The van der Waals surface area contributed by atoms with Crippen LogP contribution in [0.2, 0.25) is 0 Å². The van der Waals surface area contributed by atoms with E-state index in [-0.39, 0.29) is 17.4 Å². The lowest BCUT2D eigenvalue weighted by Gasteiger charge is -2.22. The average molecular weight is 423 g/mol. The normalized spacial score (nSPS) is 11.9. The van der Waals surface area contributed by atoms with Crippen LogP contribution >= 0.6 is 0 Å². The molecule has 1 aromatic heterocycles. The van der Waals surface area contributed by atoms with E-state index in [1.165, 1.54) is 18.2 Å². The molecule has 0 aliphatic heterocycles. The Labute approximate surface area is 180 Å². The number of amides is 2. The van der Waals surface area contributed by atoms with E-state index in [1.807, 2.05) is 44.2 Å². The number of carbonyl (C=O) groups excluding carboxylic acids is 2. The topological polar surface area (TPSA) is 80.3 Å². The summed E-state index contributed by atoms with van der Waals surface area (Å²) in [7, 11) is 0. The first-order valence-corrected chi connectivity index (χ1v) is 10.3. The highest BCUT2D eigenvalue weighted by atomic mass is 19.1. The molecule has 0 aliphatic carbocycles. The van der Waals surface area contributed by atoms with Gasteiger partial charge in [-0.1, -0.05) is 44.2 Å². The number of fused-ring (bicyclic) bond motifs is 1. The standard InChI is InChI=1S/C24H26FN3O3/c1-16(2)21(28-23(29)18-10-3-4-11-19(18)25)24(30)27-14-7-15-31-20-12-5-8-17-9-6-13-26-22(17)20/h3-6,8-13,16,21H,7,14-15H2,1-2H3,(H,27,30)(H,28,29). The van der Waals surface area contributed by atoms with Gasteiger partial charge in [-0.25, -0.2) is 4.39 Å². The zero-order chi connectivity index (χ0) is 22.2. The van der Waals surface area contributed by atoms with Crippen molar-refractivity contribution in [3.63, 3.8) is 0 Å². The van der Waals surface area contributed by atoms with Crippen LogP contribution in [0.4, 0.5) is 4.39 Å². The number of carbonyl (C=O) groups is 2. The van der Waals surface area contributed by atoms with E-state index in [0.717, 1.165) is 10.9 Å². The second-order valence-electron chi connectivity index (χ2n) is 7.50. The second kappa shape index (κ2) is 10.5. The Hall–Kier alpha value is -3.48. The molecule has 3 rings (SSSR count). The molecule has 0 radical (unpaired) electrons. The Morgan fingerprint density at radius 3 is 2.61 bits per heavy atom. The first-order chi connectivity index (χ1) is 15.0. The third-order valence-electron chi connectivity index (χ3n) is 4.83. The average Bonchev–Trinajstić information content (AvgIpc) is 2.77. The van der Waals surface area contributed by atoms with E-state index in [4.69, 9.17) is 4.74 Å². The lowest BCUT2D eigenvalue weighted by atomic mass is 10.0. The number of rotatable bonds is 9. The predicted molar refractivity (Wildman–Crippen MR) is 117 cm³/mol. The zero-order valence-corrected chi connectivity index (χ0v) is 17.6. The lowest BCUT2D eigenvalue weighted by Crippen LogP contribution is -2.50. The number of nitrogens with zero attached hydrogens (tertiary/aromatic N) is 1. The van der Waals surface area contributed by atoms with Crippen molar-refractivity contribution < 1.29 is 18.7 Å². The summed E-state index contributed by atoms with van der Waals surface area (Å²) >= 11 is 0. The summed E-state index contributed by atoms with van der Waals surface area (Å²) in [5.41, 5.74) is 0.711. The molecule has 1 atom stereocenters. The van der Waals surface area contributed by atoms with Gasteiger partial charge in [-0.3, -0.25) is 14.6 Å². The number of nitrogens with one attached hydrogen (secondary N) is 2. The fraction of sp³-hybridized carbons (Fsp3) is 0.292. The lowest BCUT2D eigenvalue weighted by molar-refractivity contribution is -0.123. The third kappa shape index (κ3) is 5.78. The Morgan fingerprint density at radius 1 is 1.06 bits per heavy atom. The van der Waals surface area contributed by atoms with Gasteiger partial charge >= 0.3 is 0 Å². The molecule has 0 bridgehead atoms. The van der Waals surface area contributed by atoms with E-state index < -0.39 is 17.8 Å². The molecule has 2 amide bonds. The Morgan fingerprint density at radius 2 is 1.84 bits per heavy atom. The van der Waals surface area contributed by atoms with Crippen molar-refractivity contribution in [2.75, 3.05) is 13.2 Å². The van der Waals surface area contributed by atoms with Crippen molar-refractivity contribution in [1.29, 1.82) is 0 Å². The summed E-state index contributed by atoms with van der Waals surface area (Å²) in [5, 5.41) is 6.44. The number of benzene rings is 2. The first kappa shape index (κ1) is 22.2. The maximum absolute atomic E-state index is 13.8. The van der Waals surface area contributed by atoms with Gasteiger partial charge < -0.3 is 15.4 Å². The number of hydrogen-bond donors (Lipinski definition) is 2. The number of aromatic nitrogens is 1. The van der Waals surface area contributed by atoms with Gasteiger partial charge in [0.05, 0.1) is 12.2 Å². The summed E-state index contributed by atoms with van der Waals surface area (Å²) in [6.07, 6.45) is 2.30. The van der Waals surface area contributed by atoms with Gasteiger partial charge in [0.1, 0.15) is 23.1 Å². The van der Waals surface area contributed by atoms with Crippen LogP contribution in [0.25, 0.3) is 10.9 Å². The van der Waals surface area contributed by atoms with E-state index >= 15 is 0 Å². The Balaban J connectivity index is 1.49. The fourth-order valence-corrected chi connectivity index (χ4v) is 3.17. The van der Waals surface area contributed by atoms with Gasteiger partial charge in [0.2, 0.25) is 5.91 Å². The molecule has 0 fully saturated rings. The molecule has 0 spiro atoms. The number of hydrogen-bond acceptors (Lipinski definition) is 4.